The van der Waals surface area contributed by atoms with Gasteiger partial charge in [0, 0.05) is 13.2 Å². The molecule has 1 aromatic carbocycles. The van der Waals surface area contributed by atoms with Crippen LogP contribution in [0.5, 0.6) is 0 Å². The number of benzene rings is 1. The summed E-state index contributed by atoms with van der Waals surface area (Å²) in [5.41, 5.74) is 1.32. The molecule has 1 aromatic rings. The quantitative estimate of drug-likeness (QED) is 0.700. The smallest absolute Gasteiger partial charge is 0.0452 e. The highest BCUT2D eigenvalue weighted by atomic mass is 16.3. The van der Waals surface area contributed by atoms with Crippen LogP contribution in [0.25, 0.3) is 0 Å². The van der Waals surface area contributed by atoms with Crippen molar-refractivity contribution in [3.05, 3.63) is 35.9 Å². The predicted molar refractivity (Wildman–Crippen MR) is 50.0 cm³/mol. The first-order valence-corrected chi connectivity index (χ1v) is 4.04. The van der Waals surface area contributed by atoms with Crippen LogP contribution in [0.15, 0.2) is 30.3 Å². The molecule has 1 rings (SSSR count). The molecule has 12 heavy (non-hydrogen) atoms. The number of aryl methyl sites for hydroxylation is 1. The van der Waals surface area contributed by atoms with Gasteiger partial charge in [-0.3, -0.25) is 0 Å². The maximum absolute atomic E-state index is 7.91. The Kier molecular flexibility index (Phi) is 7.65. The second-order valence-corrected chi connectivity index (χ2v) is 2.46. The van der Waals surface area contributed by atoms with E-state index in [0.717, 1.165) is 0 Å². The fourth-order valence-electron chi connectivity index (χ4n) is 0.605. The fraction of sp³-hybridized carbons (Fsp3) is 0.400. The Bertz CT molecular complexity index is 170. The Hall–Kier alpha value is -0.860. The zero-order valence-electron chi connectivity index (χ0n) is 7.40. The van der Waals surface area contributed by atoms with Crippen molar-refractivity contribution in [1.82, 2.24) is 0 Å². The van der Waals surface area contributed by atoms with Gasteiger partial charge in [0.2, 0.25) is 0 Å². The molecule has 0 bridgehead atoms. The van der Waals surface area contributed by atoms with Crippen molar-refractivity contribution in [3.8, 4) is 0 Å². The summed E-state index contributed by atoms with van der Waals surface area (Å²) in [4.78, 5) is 0. The summed E-state index contributed by atoms with van der Waals surface area (Å²) < 4.78 is 0. The van der Waals surface area contributed by atoms with Crippen molar-refractivity contribution in [2.45, 2.75) is 13.3 Å². The molecule has 0 fully saturated rings. The molecule has 0 unspecified atom stereocenters. The number of rotatable bonds is 2. The van der Waals surface area contributed by atoms with Crippen molar-refractivity contribution >= 4 is 0 Å². The average molecular weight is 168 g/mol. The SMILES string of the molecule is Cc1ccccc1.OCCCO. The van der Waals surface area contributed by atoms with E-state index in [0.29, 0.717) is 6.42 Å². The summed E-state index contributed by atoms with van der Waals surface area (Å²) in [6.45, 7) is 2.27. The van der Waals surface area contributed by atoms with Crippen LogP contribution in [0.4, 0.5) is 0 Å². The van der Waals surface area contributed by atoms with Gasteiger partial charge in [0.1, 0.15) is 0 Å². The lowest BCUT2D eigenvalue weighted by molar-refractivity contribution is 0.221. The lowest BCUT2D eigenvalue weighted by Gasteiger charge is -1.82. The van der Waals surface area contributed by atoms with Crippen LogP contribution in [0.2, 0.25) is 0 Å². The van der Waals surface area contributed by atoms with Crippen molar-refractivity contribution in [3.63, 3.8) is 0 Å². The molecular formula is C10H16O2. The standard InChI is InChI=1S/C7H8.C3H8O2/c1-7-5-3-2-4-6-7;4-2-1-3-5/h2-6H,1H3;4-5H,1-3H2. The van der Waals surface area contributed by atoms with Crippen molar-refractivity contribution in [2.75, 3.05) is 13.2 Å². The topological polar surface area (TPSA) is 40.5 Å². The van der Waals surface area contributed by atoms with E-state index in [2.05, 4.69) is 19.1 Å². The van der Waals surface area contributed by atoms with E-state index in [1.165, 1.54) is 5.56 Å². The largest absolute Gasteiger partial charge is 0.396 e. The average Bonchev–Trinajstić information content (AvgIpc) is 2.08. The van der Waals surface area contributed by atoms with Gasteiger partial charge in [0.05, 0.1) is 0 Å². The number of hydrogen-bond donors (Lipinski definition) is 2. The van der Waals surface area contributed by atoms with Crippen LogP contribution in [0.3, 0.4) is 0 Å². The second-order valence-electron chi connectivity index (χ2n) is 2.46. The number of hydrogen-bond acceptors (Lipinski definition) is 2. The van der Waals surface area contributed by atoms with Crippen LogP contribution < -0.4 is 0 Å². The minimum Gasteiger partial charge on any atom is -0.396 e. The summed E-state index contributed by atoms with van der Waals surface area (Å²) in [5.74, 6) is 0. The third-order valence-electron chi connectivity index (χ3n) is 1.26. The fourth-order valence-corrected chi connectivity index (χ4v) is 0.605. The summed E-state index contributed by atoms with van der Waals surface area (Å²) in [7, 11) is 0. The molecule has 2 heteroatoms. The van der Waals surface area contributed by atoms with Crippen molar-refractivity contribution in [2.24, 2.45) is 0 Å². The second kappa shape index (κ2) is 8.24. The van der Waals surface area contributed by atoms with Gasteiger partial charge in [-0.2, -0.15) is 0 Å². The van der Waals surface area contributed by atoms with Gasteiger partial charge in [0.25, 0.3) is 0 Å². The Morgan fingerprint density at radius 1 is 1.00 bits per heavy atom. The molecule has 0 atom stereocenters. The highest BCUT2D eigenvalue weighted by molar-refractivity contribution is 5.11. The maximum Gasteiger partial charge on any atom is 0.0452 e. The first-order valence-electron chi connectivity index (χ1n) is 4.04. The minimum absolute atomic E-state index is 0.0938. The number of aliphatic hydroxyl groups is 2. The van der Waals surface area contributed by atoms with Crippen LogP contribution in [0, 0.1) is 6.92 Å². The van der Waals surface area contributed by atoms with Gasteiger partial charge in [-0.1, -0.05) is 35.9 Å². The molecule has 2 N–H and O–H groups in total. The molecule has 0 aliphatic carbocycles. The third kappa shape index (κ3) is 7.25. The highest BCUT2D eigenvalue weighted by Crippen LogP contribution is 1.92. The van der Waals surface area contributed by atoms with Crippen LogP contribution >= 0.6 is 0 Å². The molecule has 0 aliphatic rings. The van der Waals surface area contributed by atoms with Gasteiger partial charge in [-0.15, -0.1) is 0 Å². The zero-order chi connectivity index (χ0) is 9.23. The Balaban J connectivity index is 0.000000217. The molecule has 0 heterocycles. The molecule has 0 saturated carbocycles. The molecule has 0 amide bonds. The normalized spacial score (nSPS) is 8.58. The molecule has 68 valence electrons. The van der Waals surface area contributed by atoms with E-state index in [1.807, 2.05) is 18.2 Å². The van der Waals surface area contributed by atoms with Crippen LogP contribution in [0.1, 0.15) is 12.0 Å². The van der Waals surface area contributed by atoms with Gasteiger partial charge in [-0.25, -0.2) is 0 Å². The molecule has 0 spiro atoms. The Labute approximate surface area is 73.5 Å². The predicted octanol–water partition coefficient (Wildman–Crippen LogP) is 1.36. The van der Waals surface area contributed by atoms with E-state index < -0.39 is 0 Å². The van der Waals surface area contributed by atoms with E-state index in [4.69, 9.17) is 10.2 Å². The molecule has 0 aromatic heterocycles. The third-order valence-corrected chi connectivity index (χ3v) is 1.26. The molecule has 2 nitrogen and oxygen atoms in total. The van der Waals surface area contributed by atoms with Gasteiger partial charge >= 0.3 is 0 Å². The summed E-state index contributed by atoms with van der Waals surface area (Å²) >= 11 is 0. The summed E-state index contributed by atoms with van der Waals surface area (Å²) in [6.07, 6.45) is 0.500. The van der Waals surface area contributed by atoms with Gasteiger partial charge < -0.3 is 10.2 Å². The lowest BCUT2D eigenvalue weighted by atomic mass is 10.2. The Morgan fingerprint density at radius 2 is 1.50 bits per heavy atom. The van der Waals surface area contributed by atoms with E-state index in [9.17, 15) is 0 Å². The first kappa shape index (κ1) is 11.1. The van der Waals surface area contributed by atoms with Gasteiger partial charge in [-0.05, 0) is 13.3 Å². The lowest BCUT2D eigenvalue weighted by Crippen LogP contribution is -1.85. The Morgan fingerprint density at radius 3 is 1.67 bits per heavy atom. The van der Waals surface area contributed by atoms with Crippen molar-refractivity contribution < 1.29 is 10.2 Å². The first-order chi connectivity index (χ1) is 5.81. The van der Waals surface area contributed by atoms with Gasteiger partial charge in [0.15, 0.2) is 0 Å². The summed E-state index contributed by atoms with van der Waals surface area (Å²) in [5, 5.41) is 15.8. The molecule has 0 radical (unpaired) electrons. The molecule has 0 saturated heterocycles. The van der Waals surface area contributed by atoms with Crippen LogP contribution in [-0.2, 0) is 0 Å². The highest BCUT2D eigenvalue weighted by Gasteiger charge is 1.72. The molecule has 0 aliphatic heterocycles. The van der Waals surface area contributed by atoms with E-state index >= 15 is 0 Å². The van der Waals surface area contributed by atoms with Crippen molar-refractivity contribution in [1.29, 1.82) is 0 Å². The van der Waals surface area contributed by atoms with E-state index in [-0.39, 0.29) is 13.2 Å². The van der Waals surface area contributed by atoms with Crippen LogP contribution in [-0.4, -0.2) is 23.4 Å². The molecular weight excluding hydrogens is 152 g/mol. The zero-order valence-corrected chi connectivity index (χ0v) is 7.40. The summed E-state index contributed by atoms with van der Waals surface area (Å²) in [6, 6.07) is 10.3. The minimum atomic E-state index is 0.0938. The monoisotopic (exact) mass is 168 g/mol. The maximum atomic E-state index is 7.91. The van der Waals surface area contributed by atoms with E-state index in [1.54, 1.807) is 0 Å². The number of aliphatic hydroxyl groups excluding tert-OH is 2.